The van der Waals surface area contributed by atoms with E-state index in [1.54, 1.807) is 37.3 Å². The van der Waals surface area contributed by atoms with E-state index < -0.39 is 89.0 Å². The molecule has 0 aromatic heterocycles. The number of benzene rings is 1. The van der Waals surface area contributed by atoms with Gasteiger partial charge in [-0.15, -0.1) is 0 Å². The lowest BCUT2D eigenvalue weighted by molar-refractivity contribution is -0.278. The van der Waals surface area contributed by atoms with E-state index in [1.165, 1.54) is 26.4 Å². The molecule has 47 heavy (non-hydrogen) atoms. The highest BCUT2D eigenvalue weighted by atomic mass is 16.6. The number of epoxide rings is 1. The van der Waals surface area contributed by atoms with Gasteiger partial charge in [-0.25, -0.2) is 4.79 Å². The van der Waals surface area contributed by atoms with Gasteiger partial charge in [0, 0.05) is 18.9 Å². The van der Waals surface area contributed by atoms with Crippen LogP contribution < -0.4 is 0 Å². The van der Waals surface area contributed by atoms with Gasteiger partial charge in [0.1, 0.15) is 35.1 Å². The molecule has 5 N–H and O–H groups in total. The Kier molecular flexibility index (Phi) is 10.4. The fourth-order valence-corrected chi connectivity index (χ4v) is 10.4. The molecule has 0 radical (unpaired) electrons. The molecule has 1 aromatic rings. The normalized spacial score (nSPS) is 44.4. The van der Waals surface area contributed by atoms with Gasteiger partial charge < -0.3 is 39.7 Å². The van der Waals surface area contributed by atoms with Crippen LogP contribution in [0.2, 0.25) is 0 Å². The smallest absolute Gasteiger partial charge is 0.338 e. The quantitative estimate of drug-likeness (QED) is 0.0899. The topological polar surface area (TPSA) is 149 Å². The van der Waals surface area contributed by atoms with Crippen molar-refractivity contribution in [2.75, 3.05) is 13.7 Å². The van der Waals surface area contributed by atoms with Crippen molar-refractivity contribution in [3.05, 3.63) is 48.0 Å². The number of unbranched alkanes of at least 4 members (excludes halogenated alkanes) is 5. The summed E-state index contributed by atoms with van der Waals surface area (Å²) in [7, 11) is 1.46. The third-order valence-electron chi connectivity index (χ3n) is 12.8. The Labute approximate surface area is 280 Å². The van der Waals surface area contributed by atoms with Crippen LogP contribution in [-0.4, -0.2) is 92.0 Å². The fraction of sp³-hybridized carbons (Fsp3) is 0.763. The Morgan fingerprint density at radius 1 is 1.04 bits per heavy atom. The van der Waals surface area contributed by atoms with Crippen LogP contribution in [0.25, 0.3) is 0 Å². The zero-order chi connectivity index (χ0) is 34.5. The number of aliphatic hydroxyl groups excluding tert-OH is 2. The van der Waals surface area contributed by atoms with Gasteiger partial charge in [-0.1, -0.05) is 97.4 Å². The SMILES string of the molecule is C=C(C)[C@]1(O)C[C@@H](C)[C@@]2(O)[C@H]([C@H]1OC)[C@@H]1O[C@]1(CO)[C@@H](O)[C@@]1(O)[C@@H]2[C@@H]([C@@H](C)CCCCCCCC)[C@H](C)[C@@H]1OC(=O)c1ccccc1. The molecule has 3 saturated carbocycles. The molecule has 3 aliphatic carbocycles. The standard InChI is InChI=1S/C38H58O9/c1-8-9-10-11-12-14-17-23(4)27-25(6)30(46-33(40)26-18-15-13-16-19-26)38(44)29(27)37(43)24(5)20-35(42,22(2)3)31(45-7)28(37)32-36(21-39,47-32)34(38)41/h13,15-16,18-19,23-25,27-32,34,39,41-44H,2,8-12,14,17,20-21H2,1,3-7H3/t23-,24+,25-,27-,28+,29+,30-,31+,32-,34+,35+,36-,37+,38+/m0/s1. The van der Waals surface area contributed by atoms with Crippen molar-refractivity contribution >= 4 is 5.97 Å². The Morgan fingerprint density at radius 3 is 2.28 bits per heavy atom. The Hall–Kier alpha value is -1.85. The first-order valence-electron chi connectivity index (χ1n) is 17.8. The van der Waals surface area contributed by atoms with Crippen LogP contribution in [0.1, 0.15) is 96.3 Å². The highest BCUT2D eigenvalue weighted by Crippen LogP contribution is 2.69. The number of methoxy groups -OCH3 is 1. The molecule has 1 aliphatic heterocycles. The van der Waals surface area contributed by atoms with Crippen LogP contribution in [-0.2, 0) is 14.2 Å². The molecule has 264 valence electrons. The number of hydrogen-bond acceptors (Lipinski definition) is 9. The Morgan fingerprint density at radius 2 is 1.68 bits per heavy atom. The molecular formula is C38H58O9. The number of aliphatic hydroxyl groups is 5. The second kappa shape index (κ2) is 13.5. The van der Waals surface area contributed by atoms with Gasteiger partial charge in [-0.3, -0.25) is 0 Å². The predicted octanol–water partition coefficient (Wildman–Crippen LogP) is 4.43. The van der Waals surface area contributed by atoms with Crippen LogP contribution in [0, 0.1) is 35.5 Å². The van der Waals surface area contributed by atoms with Crippen molar-refractivity contribution < 1.29 is 44.5 Å². The van der Waals surface area contributed by atoms with E-state index in [4.69, 9.17) is 14.2 Å². The van der Waals surface area contributed by atoms with Gasteiger partial charge in [0.15, 0.2) is 0 Å². The van der Waals surface area contributed by atoms with E-state index >= 15 is 0 Å². The van der Waals surface area contributed by atoms with Crippen LogP contribution in [0.5, 0.6) is 0 Å². The zero-order valence-corrected chi connectivity index (χ0v) is 29.1. The molecule has 1 aromatic carbocycles. The molecule has 0 unspecified atom stereocenters. The van der Waals surface area contributed by atoms with Crippen LogP contribution in [0.4, 0.5) is 0 Å². The second-order valence-electron chi connectivity index (χ2n) is 15.5. The van der Waals surface area contributed by atoms with Crippen molar-refractivity contribution in [3.63, 3.8) is 0 Å². The third-order valence-corrected chi connectivity index (χ3v) is 12.8. The summed E-state index contributed by atoms with van der Waals surface area (Å²) in [4.78, 5) is 13.6. The van der Waals surface area contributed by atoms with Gasteiger partial charge in [0.05, 0.1) is 23.9 Å². The first-order chi connectivity index (χ1) is 22.2. The molecule has 9 heteroatoms. The summed E-state index contributed by atoms with van der Waals surface area (Å²) in [6.45, 7) is 13.2. The average molecular weight is 659 g/mol. The lowest BCUT2D eigenvalue weighted by Gasteiger charge is -2.59. The molecule has 0 amide bonds. The van der Waals surface area contributed by atoms with Gasteiger partial charge >= 0.3 is 5.97 Å². The van der Waals surface area contributed by atoms with E-state index in [0.717, 1.165) is 25.7 Å². The zero-order valence-electron chi connectivity index (χ0n) is 29.1. The van der Waals surface area contributed by atoms with Gasteiger partial charge in [-0.2, -0.15) is 0 Å². The molecule has 0 bridgehead atoms. The summed E-state index contributed by atoms with van der Waals surface area (Å²) in [5.41, 5.74) is -6.38. The lowest BCUT2D eigenvalue weighted by Crippen LogP contribution is -2.72. The van der Waals surface area contributed by atoms with Gasteiger partial charge in [0.25, 0.3) is 0 Å². The largest absolute Gasteiger partial charge is 0.455 e. The number of carbonyl (C=O) groups excluding carboxylic acids is 1. The lowest BCUT2D eigenvalue weighted by atomic mass is 9.52. The minimum atomic E-state index is -2.20. The summed E-state index contributed by atoms with van der Waals surface area (Å²) in [6, 6.07) is 8.52. The van der Waals surface area contributed by atoms with Crippen molar-refractivity contribution in [2.45, 2.75) is 133 Å². The Bertz CT molecular complexity index is 1270. The predicted molar refractivity (Wildman–Crippen MR) is 177 cm³/mol. The second-order valence-corrected chi connectivity index (χ2v) is 15.5. The number of rotatable bonds is 13. The molecule has 5 rings (SSSR count). The molecule has 9 nitrogen and oxygen atoms in total. The number of ether oxygens (including phenoxy) is 3. The monoisotopic (exact) mass is 658 g/mol. The maximum atomic E-state index is 13.6. The summed E-state index contributed by atoms with van der Waals surface area (Å²) in [5, 5.41) is 61.8. The average Bonchev–Trinajstić information content (AvgIpc) is 3.74. The van der Waals surface area contributed by atoms with Gasteiger partial charge in [0.2, 0.25) is 0 Å². The van der Waals surface area contributed by atoms with Crippen LogP contribution in [0.3, 0.4) is 0 Å². The van der Waals surface area contributed by atoms with Crippen molar-refractivity contribution in [2.24, 2.45) is 35.5 Å². The highest BCUT2D eigenvalue weighted by Gasteiger charge is 2.85. The molecule has 4 fully saturated rings. The summed E-state index contributed by atoms with van der Waals surface area (Å²) in [5.74, 6) is -4.12. The van der Waals surface area contributed by atoms with E-state index in [2.05, 4.69) is 20.4 Å². The van der Waals surface area contributed by atoms with Gasteiger partial charge in [-0.05, 0) is 54.7 Å². The summed E-state index contributed by atoms with van der Waals surface area (Å²) >= 11 is 0. The molecule has 0 spiro atoms. The maximum absolute atomic E-state index is 13.6. The number of carbonyl (C=O) groups is 1. The molecule has 14 atom stereocenters. The van der Waals surface area contributed by atoms with Crippen molar-refractivity contribution in [1.29, 1.82) is 0 Å². The minimum Gasteiger partial charge on any atom is -0.455 e. The van der Waals surface area contributed by atoms with Crippen LogP contribution >= 0.6 is 0 Å². The Balaban J connectivity index is 1.64. The molecule has 1 saturated heterocycles. The summed E-state index contributed by atoms with van der Waals surface area (Å²) in [6.07, 6.45) is 2.76. The first-order valence-corrected chi connectivity index (χ1v) is 17.8. The van der Waals surface area contributed by atoms with E-state index in [0.29, 0.717) is 11.1 Å². The molecular weight excluding hydrogens is 600 g/mol. The fourth-order valence-electron chi connectivity index (χ4n) is 10.4. The number of fused-ring (bicyclic) bond motifs is 5. The van der Waals surface area contributed by atoms with E-state index in [1.807, 2.05) is 13.8 Å². The first kappa shape index (κ1) is 36.4. The number of esters is 1. The van der Waals surface area contributed by atoms with Crippen molar-refractivity contribution in [1.82, 2.24) is 0 Å². The minimum absolute atomic E-state index is 0.0273. The molecule has 1 heterocycles. The molecule has 4 aliphatic rings. The van der Waals surface area contributed by atoms with E-state index in [-0.39, 0.29) is 12.3 Å². The maximum Gasteiger partial charge on any atom is 0.338 e. The van der Waals surface area contributed by atoms with Crippen LogP contribution in [0.15, 0.2) is 42.5 Å². The van der Waals surface area contributed by atoms with E-state index in [9.17, 15) is 30.3 Å². The summed E-state index contributed by atoms with van der Waals surface area (Å²) < 4.78 is 18.4. The van der Waals surface area contributed by atoms with Crippen molar-refractivity contribution in [3.8, 4) is 0 Å². The highest BCUT2D eigenvalue weighted by molar-refractivity contribution is 5.89. The number of hydrogen-bond donors (Lipinski definition) is 5. The third kappa shape index (κ3) is 5.53.